The van der Waals surface area contributed by atoms with E-state index in [1.807, 2.05) is 37.3 Å². The predicted molar refractivity (Wildman–Crippen MR) is 66.3 cm³/mol. The van der Waals surface area contributed by atoms with Crippen molar-refractivity contribution in [3.05, 3.63) is 41.5 Å². The summed E-state index contributed by atoms with van der Waals surface area (Å²) in [4.78, 5) is 10.3. The Balaban J connectivity index is 2.41. The predicted octanol–water partition coefficient (Wildman–Crippen LogP) is 0.724. The van der Waals surface area contributed by atoms with Crippen molar-refractivity contribution in [3.8, 4) is 0 Å². The molecule has 90 valence electrons. The van der Waals surface area contributed by atoms with Crippen molar-refractivity contribution in [3.63, 3.8) is 0 Å². The van der Waals surface area contributed by atoms with E-state index in [0.717, 1.165) is 5.56 Å². The summed E-state index contributed by atoms with van der Waals surface area (Å²) in [5, 5.41) is 13.9. The molecule has 0 spiro atoms. The molecule has 1 aromatic carbocycles. The molecular formula is C13H15N2O2-. The summed E-state index contributed by atoms with van der Waals surface area (Å²) in [5.74, 6) is -1.26. The molecule has 0 aliphatic heterocycles. The molecule has 4 heteroatoms. The van der Waals surface area contributed by atoms with E-state index in [1.54, 1.807) is 0 Å². The highest BCUT2D eigenvalue weighted by molar-refractivity contribution is 6.33. The van der Waals surface area contributed by atoms with E-state index < -0.39 is 5.97 Å². The Bertz CT molecular complexity index is 450. The van der Waals surface area contributed by atoms with Crippen LogP contribution in [0.15, 0.2) is 35.4 Å². The number of carboxylic acid groups (broad SMARTS) is 1. The lowest BCUT2D eigenvalue weighted by Gasteiger charge is -2.01. The van der Waals surface area contributed by atoms with Crippen molar-refractivity contribution in [2.75, 3.05) is 6.54 Å². The molecule has 0 saturated carbocycles. The Morgan fingerprint density at radius 2 is 2.29 bits per heavy atom. The molecule has 0 bridgehead atoms. The first-order chi connectivity index (χ1) is 8.09. The van der Waals surface area contributed by atoms with Gasteiger partial charge in [0.2, 0.25) is 0 Å². The Kier molecular flexibility index (Phi) is 4.94. The van der Waals surface area contributed by atoms with Gasteiger partial charge in [0.25, 0.3) is 0 Å². The Morgan fingerprint density at radius 1 is 1.53 bits per heavy atom. The molecule has 0 saturated heterocycles. The smallest absolute Gasteiger partial charge is 0.0873 e. The van der Waals surface area contributed by atoms with Crippen LogP contribution in [0.25, 0.3) is 6.08 Å². The van der Waals surface area contributed by atoms with E-state index in [-0.39, 0.29) is 5.71 Å². The Hall–Kier alpha value is -2.10. The number of benzene rings is 1. The second-order valence-corrected chi connectivity index (χ2v) is 3.66. The second kappa shape index (κ2) is 6.48. The third-order valence-corrected chi connectivity index (χ3v) is 2.10. The average Bonchev–Trinajstić information content (AvgIpc) is 2.28. The van der Waals surface area contributed by atoms with Crippen LogP contribution in [0.4, 0.5) is 0 Å². The summed E-state index contributed by atoms with van der Waals surface area (Å²) in [6.07, 6.45) is 3.82. The van der Waals surface area contributed by atoms with Gasteiger partial charge in [-0.05, 0) is 19.4 Å². The lowest BCUT2D eigenvalue weighted by molar-refractivity contribution is -0.294. The summed E-state index contributed by atoms with van der Waals surface area (Å²) in [6.45, 7) is 3.88. The highest BCUT2D eigenvalue weighted by Crippen LogP contribution is 2.05. The summed E-state index contributed by atoms with van der Waals surface area (Å²) >= 11 is 0. The summed E-state index contributed by atoms with van der Waals surface area (Å²) in [5.41, 5.74) is 4.87. The van der Waals surface area contributed by atoms with E-state index in [1.165, 1.54) is 12.5 Å². The van der Waals surface area contributed by atoms with Crippen LogP contribution < -0.4 is 10.5 Å². The third kappa shape index (κ3) is 4.97. The van der Waals surface area contributed by atoms with Crippen LogP contribution in [0.5, 0.6) is 0 Å². The summed E-state index contributed by atoms with van der Waals surface area (Å²) in [7, 11) is 0. The number of hydrogen-bond donors (Lipinski definition) is 1. The van der Waals surface area contributed by atoms with Crippen molar-refractivity contribution in [2.45, 2.75) is 13.8 Å². The van der Waals surface area contributed by atoms with E-state index in [4.69, 9.17) is 0 Å². The molecule has 0 unspecified atom stereocenters. The second-order valence-electron chi connectivity index (χ2n) is 3.66. The zero-order chi connectivity index (χ0) is 12.7. The van der Waals surface area contributed by atoms with Gasteiger partial charge in [-0.1, -0.05) is 42.0 Å². The Labute approximate surface area is 101 Å². The maximum absolute atomic E-state index is 10.3. The van der Waals surface area contributed by atoms with Gasteiger partial charge in [-0.25, -0.2) is 0 Å². The van der Waals surface area contributed by atoms with Crippen molar-refractivity contribution in [1.29, 1.82) is 0 Å². The molecule has 0 aliphatic carbocycles. The fourth-order valence-corrected chi connectivity index (χ4v) is 1.23. The minimum Gasteiger partial charge on any atom is -0.543 e. The number of aliphatic carboxylic acids is 1. The standard InChI is InChI=1S/C13H16N2O2/c1-10-5-3-6-12(9-10)7-4-8-14-15-11(2)13(16)17/h3-7,9,14H,8H2,1-2H3,(H,16,17)/p-1/b7-4+,15-11-. The quantitative estimate of drug-likeness (QED) is 0.461. The SMILES string of the molecule is C/C(=N/NC/C=C/c1cccc(C)c1)C(=O)[O-]. The third-order valence-electron chi connectivity index (χ3n) is 2.10. The van der Waals surface area contributed by atoms with Crippen molar-refractivity contribution in [1.82, 2.24) is 5.43 Å². The molecule has 1 N–H and O–H groups in total. The van der Waals surface area contributed by atoms with Crippen molar-refractivity contribution >= 4 is 17.8 Å². The molecule has 1 aromatic rings. The molecular weight excluding hydrogens is 216 g/mol. The molecule has 0 atom stereocenters. The zero-order valence-electron chi connectivity index (χ0n) is 9.93. The zero-order valence-corrected chi connectivity index (χ0v) is 9.93. The number of rotatable bonds is 5. The van der Waals surface area contributed by atoms with E-state index in [0.29, 0.717) is 6.54 Å². The summed E-state index contributed by atoms with van der Waals surface area (Å²) < 4.78 is 0. The molecule has 0 heterocycles. The van der Waals surface area contributed by atoms with Gasteiger partial charge in [0.05, 0.1) is 18.2 Å². The maximum Gasteiger partial charge on any atom is 0.0873 e. The van der Waals surface area contributed by atoms with Crippen LogP contribution in [0.3, 0.4) is 0 Å². The first kappa shape index (κ1) is 13.0. The lowest BCUT2D eigenvalue weighted by Crippen LogP contribution is -2.31. The fraction of sp³-hybridized carbons (Fsp3) is 0.231. The number of hydrogen-bond acceptors (Lipinski definition) is 4. The number of carboxylic acids is 1. The molecule has 0 amide bonds. The Morgan fingerprint density at radius 3 is 2.94 bits per heavy atom. The first-order valence-electron chi connectivity index (χ1n) is 5.31. The highest BCUT2D eigenvalue weighted by Gasteiger charge is 1.89. The minimum absolute atomic E-state index is 0.0612. The average molecular weight is 231 g/mol. The molecule has 17 heavy (non-hydrogen) atoms. The molecule has 0 radical (unpaired) electrons. The van der Waals surface area contributed by atoms with Gasteiger partial charge in [0.1, 0.15) is 0 Å². The molecule has 0 fully saturated rings. The number of hydrazone groups is 1. The molecule has 0 aromatic heterocycles. The number of nitrogens with zero attached hydrogens (tertiary/aromatic N) is 1. The molecule has 1 rings (SSSR count). The fourth-order valence-electron chi connectivity index (χ4n) is 1.23. The van der Waals surface area contributed by atoms with E-state index >= 15 is 0 Å². The molecule has 0 aliphatic rings. The minimum atomic E-state index is -1.26. The first-order valence-corrected chi connectivity index (χ1v) is 5.31. The van der Waals surface area contributed by atoms with Crippen molar-refractivity contribution in [2.24, 2.45) is 5.10 Å². The van der Waals surface area contributed by atoms with Gasteiger partial charge < -0.3 is 15.3 Å². The van der Waals surface area contributed by atoms with Crippen LogP contribution in [0.2, 0.25) is 0 Å². The monoisotopic (exact) mass is 231 g/mol. The largest absolute Gasteiger partial charge is 0.543 e. The van der Waals surface area contributed by atoms with Crippen LogP contribution in [0.1, 0.15) is 18.1 Å². The normalized spacial score (nSPS) is 11.8. The van der Waals surface area contributed by atoms with Gasteiger partial charge >= 0.3 is 0 Å². The van der Waals surface area contributed by atoms with Crippen molar-refractivity contribution < 1.29 is 9.90 Å². The van der Waals surface area contributed by atoms with Crippen LogP contribution in [0, 0.1) is 6.92 Å². The highest BCUT2D eigenvalue weighted by atomic mass is 16.4. The lowest BCUT2D eigenvalue weighted by atomic mass is 10.1. The number of carbonyl (C=O) groups excluding carboxylic acids is 1. The van der Waals surface area contributed by atoms with Gasteiger partial charge in [0.15, 0.2) is 0 Å². The summed E-state index contributed by atoms with van der Waals surface area (Å²) in [6, 6.07) is 8.08. The maximum atomic E-state index is 10.3. The van der Waals surface area contributed by atoms with E-state index in [2.05, 4.69) is 16.6 Å². The van der Waals surface area contributed by atoms with Crippen LogP contribution in [-0.2, 0) is 4.79 Å². The van der Waals surface area contributed by atoms with Gasteiger partial charge in [-0.2, -0.15) is 5.10 Å². The van der Waals surface area contributed by atoms with E-state index in [9.17, 15) is 9.90 Å². The molecule has 4 nitrogen and oxygen atoms in total. The van der Waals surface area contributed by atoms with Crippen LogP contribution >= 0.6 is 0 Å². The van der Waals surface area contributed by atoms with Crippen LogP contribution in [-0.4, -0.2) is 18.2 Å². The van der Waals surface area contributed by atoms with Gasteiger partial charge in [-0.3, -0.25) is 0 Å². The topological polar surface area (TPSA) is 64.5 Å². The number of aryl methyl sites for hydroxylation is 1. The number of nitrogens with one attached hydrogen (secondary N) is 1. The van der Waals surface area contributed by atoms with Gasteiger partial charge in [0, 0.05) is 0 Å². The number of carbonyl (C=O) groups is 1. The van der Waals surface area contributed by atoms with Gasteiger partial charge in [-0.15, -0.1) is 0 Å².